The molecule has 4 N–H and O–H groups in total. The highest BCUT2D eigenvalue weighted by Gasteiger charge is 2.16. The van der Waals surface area contributed by atoms with Gasteiger partial charge in [0.1, 0.15) is 5.69 Å². The van der Waals surface area contributed by atoms with Crippen LogP contribution in [0.1, 0.15) is 38.2 Å². The summed E-state index contributed by atoms with van der Waals surface area (Å²) in [4.78, 5) is 23.5. The van der Waals surface area contributed by atoms with Crippen molar-refractivity contribution >= 4 is 17.5 Å². The van der Waals surface area contributed by atoms with E-state index in [1.807, 2.05) is 27.7 Å². The largest absolute Gasteiger partial charge is 0.397 e. The number of nitrogen functional groups attached to an aromatic ring is 1. The summed E-state index contributed by atoms with van der Waals surface area (Å²) in [6.45, 7) is 8.17. The Bertz CT molecular complexity index is 471. The van der Waals surface area contributed by atoms with E-state index >= 15 is 0 Å². The van der Waals surface area contributed by atoms with Crippen molar-refractivity contribution in [3.05, 3.63) is 18.0 Å². The van der Waals surface area contributed by atoms with Gasteiger partial charge in [0.05, 0.1) is 12.2 Å². The zero-order valence-corrected chi connectivity index (χ0v) is 11.9. The highest BCUT2D eigenvalue weighted by atomic mass is 16.2. The van der Waals surface area contributed by atoms with E-state index < -0.39 is 0 Å². The molecule has 1 heterocycles. The molecule has 0 aliphatic carbocycles. The minimum atomic E-state index is -0.310. The van der Waals surface area contributed by atoms with E-state index in [4.69, 9.17) is 5.73 Å². The summed E-state index contributed by atoms with van der Waals surface area (Å²) in [7, 11) is 0. The van der Waals surface area contributed by atoms with Gasteiger partial charge in [0.15, 0.2) is 0 Å². The Hall–Kier alpha value is -1.98. The molecule has 0 atom stereocenters. The van der Waals surface area contributed by atoms with Crippen LogP contribution in [0.4, 0.5) is 5.69 Å². The fraction of sp³-hybridized carbons (Fsp3) is 0.538. The Morgan fingerprint density at radius 3 is 2.53 bits per heavy atom. The number of nitrogens with two attached hydrogens (primary N) is 1. The summed E-state index contributed by atoms with van der Waals surface area (Å²) >= 11 is 0. The molecule has 106 valence electrons. The third kappa shape index (κ3) is 4.65. The van der Waals surface area contributed by atoms with Crippen molar-refractivity contribution in [2.45, 2.75) is 39.8 Å². The van der Waals surface area contributed by atoms with Gasteiger partial charge < -0.3 is 20.9 Å². The van der Waals surface area contributed by atoms with Gasteiger partial charge in [-0.2, -0.15) is 0 Å². The molecule has 0 saturated heterocycles. The first-order chi connectivity index (χ1) is 8.73. The van der Waals surface area contributed by atoms with Crippen LogP contribution < -0.4 is 16.4 Å². The third-order valence-corrected chi connectivity index (χ3v) is 2.41. The molecule has 0 aliphatic rings. The van der Waals surface area contributed by atoms with Crippen molar-refractivity contribution in [2.75, 3.05) is 12.3 Å². The van der Waals surface area contributed by atoms with E-state index in [2.05, 4.69) is 10.6 Å². The van der Waals surface area contributed by atoms with Gasteiger partial charge in [0.25, 0.3) is 5.91 Å². The number of nitrogens with zero attached hydrogens (tertiary/aromatic N) is 1. The van der Waals surface area contributed by atoms with Crippen molar-refractivity contribution < 1.29 is 9.59 Å². The molecule has 1 rings (SSSR count). The minimum Gasteiger partial charge on any atom is -0.397 e. The normalized spacial score (nSPS) is 11.2. The number of carbonyl (C=O) groups is 2. The number of amides is 2. The summed E-state index contributed by atoms with van der Waals surface area (Å²) < 4.78 is 1.74. The van der Waals surface area contributed by atoms with Gasteiger partial charge in [0, 0.05) is 18.3 Å². The number of anilines is 1. The third-order valence-electron chi connectivity index (χ3n) is 2.41. The molecule has 0 saturated carbocycles. The lowest BCUT2D eigenvalue weighted by molar-refractivity contribution is -0.121. The SMILES string of the molecule is CCn1cc(N)cc1C(=O)NCC(=O)NC(C)(C)C. The number of aryl methyl sites for hydroxylation is 1. The van der Waals surface area contributed by atoms with E-state index in [1.165, 1.54) is 0 Å². The Balaban J connectivity index is 2.58. The fourth-order valence-corrected chi connectivity index (χ4v) is 1.70. The number of aromatic nitrogens is 1. The molecule has 0 aromatic carbocycles. The first-order valence-corrected chi connectivity index (χ1v) is 6.28. The molecule has 0 unspecified atom stereocenters. The van der Waals surface area contributed by atoms with Crippen molar-refractivity contribution in [1.82, 2.24) is 15.2 Å². The first kappa shape index (κ1) is 15.1. The van der Waals surface area contributed by atoms with Crippen LogP contribution in [0.5, 0.6) is 0 Å². The monoisotopic (exact) mass is 266 g/mol. The Morgan fingerprint density at radius 2 is 2.00 bits per heavy atom. The van der Waals surface area contributed by atoms with E-state index in [0.717, 1.165) is 0 Å². The molecular formula is C13H22N4O2. The molecule has 1 aromatic heterocycles. The first-order valence-electron chi connectivity index (χ1n) is 6.28. The van der Waals surface area contributed by atoms with Gasteiger partial charge in [0.2, 0.25) is 5.91 Å². The number of hydrogen-bond acceptors (Lipinski definition) is 3. The van der Waals surface area contributed by atoms with Crippen LogP contribution in [0, 0.1) is 0 Å². The number of nitrogens with one attached hydrogen (secondary N) is 2. The van der Waals surface area contributed by atoms with Gasteiger partial charge in [-0.3, -0.25) is 9.59 Å². The Kier molecular flexibility index (Phi) is 4.58. The summed E-state index contributed by atoms with van der Waals surface area (Å²) in [5, 5.41) is 5.36. The summed E-state index contributed by atoms with van der Waals surface area (Å²) in [6, 6.07) is 1.60. The highest BCUT2D eigenvalue weighted by molar-refractivity contribution is 5.96. The molecule has 2 amide bonds. The van der Waals surface area contributed by atoms with Crippen LogP contribution in [0.3, 0.4) is 0 Å². The lowest BCUT2D eigenvalue weighted by Gasteiger charge is -2.20. The molecule has 6 heteroatoms. The summed E-state index contributed by atoms with van der Waals surface area (Å²) in [5.74, 6) is -0.522. The van der Waals surface area contributed by atoms with Gasteiger partial charge in [-0.15, -0.1) is 0 Å². The van der Waals surface area contributed by atoms with Crippen LogP contribution in [0.2, 0.25) is 0 Å². The van der Waals surface area contributed by atoms with Crippen LogP contribution in [0.15, 0.2) is 12.3 Å². The average molecular weight is 266 g/mol. The standard InChI is InChI=1S/C13H22N4O2/c1-5-17-8-9(14)6-10(17)12(19)15-7-11(18)16-13(2,3)4/h6,8H,5,7,14H2,1-4H3,(H,15,19)(H,16,18). The second-order valence-corrected chi connectivity index (χ2v) is 5.43. The lowest BCUT2D eigenvalue weighted by Crippen LogP contribution is -2.46. The van der Waals surface area contributed by atoms with Crippen LogP contribution in [0.25, 0.3) is 0 Å². The molecule has 1 aromatic rings. The van der Waals surface area contributed by atoms with Crippen molar-refractivity contribution in [3.63, 3.8) is 0 Å². The topological polar surface area (TPSA) is 89.2 Å². The van der Waals surface area contributed by atoms with E-state index in [-0.39, 0.29) is 23.9 Å². The molecule has 19 heavy (non-hydrogen) atoms. The number of rotatable bonds is 4. The van der Waals surface area contributed by atoms with Gasteiger partial charge >= 0.3 is 0 Å². The molecule has 0 spiro atoms. The number of carbonyl (C=O) groups excluding carboxylic acids is 2. The van der Waals surface area contributed by atoms with Crippen molar-refractivity contribution in [2.24, 2.45) is 0 Å². The van der Waals surface area contributed by atoms with E-state index in [0.29, 0.717) is 17.9 Å². The summed E-state index contributed by atoms with van der Waals surface area (Å²) in [5.41, 5.74) is 6.34. The van der Waals surface area contributed by atoms with Crippen LogP contribution in [-0.2, 0) is 11.3 Å². The molecule has 6 nitrogen and oxygen atoms in total. The molecule has 0 radical (unpaired) electrons. The maximum atomic E-state index is 11.9. The molecular weight excluding hydrogens is 244 g/mol. The smallest absolute Gasteiger partial charge is 0.268 e. The zero-order chi connectivity index (χ0) is 14.6. The maximum absolute atomic E-state index is 11.9. The fourth-order valence-electron chi connectivity index (χ4n) is 1.70. The minimum absolute atomic E-state index is 0.0507. The van der Waals surface area contributed by atoms with Crippen LogP contribution >= 0.6 is 0 Å². The maximum Gasteiger partial charge on any atom is 0.268 e. The average Bonchev–Trinajstić information content (AvgIpc) is 2.65. The molecule has 0 bridgehead atoms. The second kappa shape index (κ2) is 5.77. The second-order valence-electron chi connectivity index (χ2n) is 5.43. The highest BCUT2D eigenvalue weighted by Crippen LogP contribution is 2.10. The predicted molar refractivity (Wildman–Crippen MR) is 74.7 cm³/mol. The lowest BCUT2D eigenvalue weighted by atomic mass is 10.1. The Morgan fingerprint density at radius 1 is 1.37 bits per heavy atom. The van der Waals surface area contributed by atoms with Gasteiger partial charge in [-0.25, -0.2) is 0 Å². The zero-order valence-electron chi connectivity index (χ0n) is 11.9. The van der Waals surface area contributed by atoms with Crippen molar-refractivity contribution in [3.8, 4) is 0 Å². The van der Waals surface area contributed by atoms with E-state index in [1.54, 1.807) is 16.8 Å². The van der Waals surface area contributed by atoms with Crippen molar-refractivity contribution in [1.29, 1.82) is 0 Å². The summed E-state index contributed by atoms with van der Waals surface area (Å²) in [6.07, 6.45) is 1.70. The number of hydrogen-bond donors (Lipinski definition) is 3. The van der Waals surface area contributed by atoms with Gasteiger partial charge in [-0.05, 0) is 33.8 Å². The molecule has 0 fully saturated rings. The predicted octanol–water partition coefficient (Wildman–Crippen LogP) is 0.735. The Labute approximate surface area is 113 Å². The van der Waals surface area contributed by atoms with Crippen LogP contribution in [-0.4, -0.2) is 28.5 Å². The molecule has 0 aliphatic heterocycles. The van der Waals surface area contributed by atoms with Gasteiger partial charge in [-0.1, -0.05) is 0 Å². The quantitative estimate of drug-likeness (QED) is 0.750. The van der Waals surface area contributed by atoms with E-state index in [9.17, 15) is 9.59 Å².